The Bertz CT molecular complexity index is 489. The number of esters is 1. The first-order chi connectivity index (χ1) is 9.10. The van der Waals surface area contributed by atoms with Crippen LogP contribution in [0.15, 0.2) is 24.3 Å². The van der Waals surface area contributed by atoms with Crippen LogP contribution in [0, 0.1) is 5.82 Å². The monoisotopic (exact) mass is 265 g/mol. The van der Waals surface area contributed by atoms with Crippen molar-refractivity contribution in [2.75, 3.05) is 7.11 Å². The molecule has 2 rings (SSSR count). The number of methoxy groups -OCH3 is 1. The third kappa shape index (κ3) is 3.30. The van der Waals surface area contributed by atoms with E-state index in [0.29, 0.717) is 19.4 Å². The van der Waals surface area contributed by atoms with E-state index in [1.54, 1.807) is 17.0 Å². The molecule has 0 bridgehead atoms. The normalized spacial score (nSPS) is 18.7. The van der Waals surface area contributed by atoms with Gasteiger partial charge in [0.15, 0.2) is 0 Å². The van der Waals surface area contributed by atoms with Gasteiger partial charge in [-0.3, -0.25) is 9.59 Å². The number of benzene rings is 1. The predicted octanol–water partition coefficient (Wildman–Crippen LogP) is 1.88. The summed E-state index contributed by atoms with van der Waals surface area (Å²) in [6.45, 7) is 0.332. The van der Waals surface area contributed by atoms with Gasteiger partial charge in [0.05, 0.1) is 13.5 Å². The van der Waals surface area contributed by atoms with Crippen molar-refractivity contribution in [3.05, 3.63) is 35.6 Å². The van der Waals surface area contributed by atoms with Crippen LogP contribution in [0.5, 0.6) is 0 Å². The quantitative estimate of drug-likeness (QED) is 0.781. The maximum Gasteiger partial charge on any atom is 0.307 e. The summed E-state index contributed by atoms with van der Waals surface area (Å²) in [5, 5.41) is 0. The highest BCUT2D eigenvalue weighted by Crippen LogP contribution is 2.24. The maximum atomic E-state index is 13.1. The summed E-state index contributed by atoms with van der Waals surface area (Å²) in [4.78, 5) is 24.8. The van der Waals surface area contributed by atoms with E-state index in [1.807, 2.05) is 0 Å². The summed E-state index contributed by atoms with van der Waals surface area (Å²) in [5.41, 5.74) is 0.727. The molecule has 0 saturated carbocycles. The Morgan fingerprint density at radius 2 is 2.32 bits per heavy atom. The molecule has 0 aliphatic carbocycles. The van der Waals surface area contributed by atoms with Gasteiger partial charge in [0.2, 0.25) is 5.91 Å². The SMILES string of the molecule is COC(=O)C[C@@H]1CCC(=O)N1Cc1cccc(F)c1. The smallest absolute Gasteiger partial charge is 0.307 e. The van der Waals surface area contributed by atoms with Crippen LogP contribution in [-0.2, 0) is 20.9 Å². The van der Waals surface area contributed by atoms with Crippen molar-refractivity contribution >= 4 is 11.9 Å². The largest absolute Gasteiger partial charge is 0.469 e. The molecule has 1 saturated heterocycles. The molecule has 1 aliphatic rings. The average Bonchev–Trinajstić information content (AvgIpc) is 2.71. The van der Waals surface area contributed by atoms with Gasteiger partial charge in [0.25, 0.3) is 0 Å². The minimum absolute atomic E-state index is 0.00170. The first kappa shape index (κ1) is 13.5. The van der Waals surface area contributed by atoms with Crippen LogP contribution in [-0.4, -0.2) is 29.9 Å². The molecule has 0 N–H and O–H groups in total. The molecule has 0 spiro atoms. The van der Waals surface area contributed by atoms with Crippen molar-refractivity contribution in [2.45, 2.75) is 31.8 Å². The number of likely N-dealkylation sites (tertiary alicyclic amines) is 1. The van der Waals surface area contributed by atoms with Gasteiger partial charge in [0.1, 0.15) is 5.82 Å². The van der Waals surface area contributed by atoms with E-state index < -0.39 is 0 Å². The number of hydrogen-bond acceptors (Lipinski definition) is 3. The molecule has 1 amide bonds. The second-order valence-corrected chi connectivity index (χ2v) is 4.62. The number of hydrogen-bond donors (Lipinski definition) is 0. The lowest BCUT2D eigenvalue weighted by Gasteiger charge is -2.24. The van der Waals surface area contributed by atoms with Gasteiger partial charge in [-0.05, 0) is 24.1 Å². The zero-order valence-corrected chi connectivity index (χ0v) is 10.8. The first-order valence-corrected chi connectivity index (χ1v) is 6.21. The standard InChI is InChI=1S/C14H16FNO3/c1-19-14(18)8-12-5-6-13(17)16(12)9-10-3-2-4-11(15)7-10/h2-4,7,12H,5-6,8-9H2,1H3/t12-/m0/s1. The van der Waals surface area contributed by atoms with E-state index in [1.165, 1.54) is 19.2 Å². The Morgan fingerprint density at radius 3 is 3.00 bits per heavy atom. The summed E-state index contributed by atoms with van der Waals surface area (Å²) in [5.74, 6) is -0.657. The summed E-state index contributed by atoms with van der Waals surface area (Å²) in [6.07, 6.45) is 1.26. The van der Waals surface area contributed by atoms with Gasteiger partial charge in [0, 0.05) is 19.0 Å². The van der Waals surface area contributed by atoms with Crippen LogP contribution in [0.2, 0.25) is 0 Å². The summed E-state index contributed by atoms with van der Waals surface area (Å²) >= 11 is 0. The van der Waals surface area contributed by atoms with Crippen LogP contribution in [0.25, 0.3) is 0 Å². The molecule has 1 heterocycles. The summed E-state index contributed by atoms with van der Waals surface area (Å²) in [7, 11) is 1.33. The van der Waals surface area contributed by atoms with Crippen LogP contribution in [0.3, 0.4) is 0 Å². The zero-order chi connectivity index (χ0) is 13.8. The highest BCUT2D eigenvalue weighted by atomic mass is 19.1. The number of halogens is 1. The minimum Gasteiger partial charge on any atom is -0.469 e. The van der Waals surface area contributed by atoms with Crippen molar-refractivity contribution < 1.29 is 18.7 Å². The van der Waals surface area contributed by atoms with Crippen molar-refractivity contribution in [1.82, 2.24) is 4.90 Å². The molecule has 102 valence electrons. The lowest BCUT2D eigenvalue weighted by Crippen LogP contribution is -2.34. The fraction of sp³-hybridized carbons (Fsp3) is 0.429. The number of amides is 1. The Hall–Kier alpha value is -1.91. The highest BCUT2D eigenvalue weighted by molar-refractivity contribution is 5.80. The van der Waals surface area contributed by atoms with Gasteiger partial charge in [-0.1, -0.05) is 12.1 Å². The molecule has 1 aliphatic heterocycles. The van der Waals surface area contributed by atoms with Crippen molar-refractivity contribution in [1.29, 1.82) is 0 Å². The first-order valence-electron chi connectivity index (χ1n) is 6.21. The van der Waals surface area contributed by atoms with E-state index in [2.05, 4.69) is 4.74 Å². The minimum atomic E-state index is -0.330. The molecule has 1 atom stereocenters. The molecule has 0 aromatic heterocycles. The lowest BCUT2D eigenvalue weighted by atomic mass is 10.1. The van der Waals surface area contributed by atoms with Crippen molar-refractivity contribution in [3.8, 4) is 0 Å². The molecule has 4 nitrogen and oxygen atoms in total. The Balaban J connectivity index is 2.07. The molecular weight excluding hydrogens is 249 g/mol. The molecule has 0 unspecified atom stereocenters. The summed E-state index contributed by atoms with van der Waals surface area (Å²) in [6, 6.07) is 6.00. The molecule has 1 fully saturated rings. The van der Waals surface area contributed by atoms with Crippen molar-refractivity contribution in [2.24, 2.45) is 0 Å². The maximum absolute atomic E-state index is 13.1. The number of nitrogens with zero attached hydrogens (tertiary/aromatic N) is 1. The second-order valence-electron chi connectivity index (χ2n) is 4.62. The molecule has 19 heavy (non-hydrogen) atoms. The molecular formula is C14H16FNO3. The zero-order valence-electron chi connectivity index (χ0n) is 10.8. The number of rotatable bonds is 4. The van der Waals surface area contributed by atoms with Gasteiger partial charge in [-0.25, -0.2) is 4.39 Å². The predicted molar refractivity (Wildman–Crippen MR) is 66.6 cm³/mol. The van der Waals surface area contributed by atoms with Gasteiger partial charge < -0.3 is 9.64 Å². The number of carbonyl (C=O) groups is 2. The van der Waals surface area contributed by atoms with E-state index in [4.69, 9.17) is 0 Å². The average molecular weight is 265 g/mol. The Morgan fingerprint density at radius 1 is 1.53 bits per heavy atom. The third-order valence-electron chi connectivity index (χ3n) is 3.32. The fourth-order valence-electron chi connectivity index (χ4n) is 2.33. The number of carbonyl (C=O) groups excluding carboxylic acids is 2. The summed E-state index contributed by atoms with van der Waals surface area (Å²) < 4.78 is 17.8. The van der Waals surface area contributed by atoms with Crippen LogP contribution < -0.4 is 0 Å². The molecule has 1 aromatic rings. The molecule has 5 heteroatoms. The van der Waals surface area contributed by atoms with E-state index >= 15 is 0 Å². The Labute approximate surface area is 111 Å². The van der Waals surface area contributed by atoms with Crippen LogP contribution >= 0.6 is 0 Å². The van der Waals surface area contributed by atoms with Crippen LogP contribution in [0.4, 0.5) is 4.39 Å². The topological polar surface area (TPSA) is 46.6 Å². The van der Waals surface area contributed by atoms with Crippen LogP contribution in [0.1, 0.15) is 24.8 Å². The van der Waals surface area contributed by atoms with Gasteiger partial charge >= 0.3 is 5.97 Å². The van der Waals surface area contributed by atoms with Crippen molar-refractivity contribution in [3.63, 3.8) is 0 Å². The van der Waals surface area contributed by atoms with E-state index in [9.17, 15) is 14.0 Å². The fourth-order valence-corrected chi connectivity index (χ4v) is 2.33. The molecule has 0 radical (unpaired) electrons. The van der Waals surface area contributed by atoms with E-state index in [0.717, 1.165) is 5.56 Å². The van der Waals surface area contributed by atoms with Gasteiger partial charge in [-0.15, -0.1) is 0 Å². The molecule has 1 aromatic carbocycles. The Kier molecular flexibility index (Phi) is 4.14. The highest BCUT2D eigenvalue weighted by Gasteiger charge is 2.32. The van der Waals surface area contributed by atoms with Gasteiger partial charge in [-0.2, -0.15) is 0 Å². The second kappa shape index (κ2) is 5.82. The number of ether oxygens (including phenoxy) is 1. The lowest BCUT2D eigenvalue weighted by molar-refractivity contribution is -0.142. The third-order valence-corrected chi connectivity index (χ3v) is 3.32. The van der Waals surface area contributed by atoms with E-state index in [-0.39, 0.29) is 30.2 Å².